The molecule has 2 aliphatic rings. The summed E-state index contributed by atoms with van der Waals surface area (Å²) < 4.78 is 4.85. The third kappa shape index (κ3) is 1.51. The number of aliphatic hydroxyl groups is 2. The minimum Gasteiger partial charge on any atom is -0.481 e. The van der Waals surface area contributed by atoms with E-state index < -0.39 is 24.5 Å². The van der Waals surface area contributed by atoms with Crippen LogP contribution in [0.15, 0.2) is 0 Å². The van der Waals surface area contributed by atoms with Crippen LogP contribution in [0.4, 0.5) is 0 Å². The largest absolute Gasteiger partial charge is 0.481 e. The molecule has 80 valence electrons. The van der Waals surface area contributed by atoms with Crippen LogP contribution in [0.3, 0.4) is 0 Å². The van der Waals surface area contributed by atoms with E-state index in [0.717, 1.165) is 0 Å². The van der Waals surface area contributed by atoms with Crippen LogP contribution < -0.4 is 0 Å². The first kappa shape index (κ1) is 9.89. The molecule has 0 aromatic heterocycles. The van der Waals surface area contributed by atoms with Crippen molar-refractivity contribution in [1.29, 1.82) is 0 Å². The van der Waals surface area contributed by atoms with Gasteiger partial charge in [-0.1, -0.05) is 0 Å². The van der Waals surface area contributed by atoms with Gasteiger partial charge in [0, 0.05) is 11.8 Å². The van der Waals surface area contributed by atoms with E-state index in [0.29, 0.717) is 19.3 Å². The molecule has 2 fully saturated rings. The smallest absolute Gasteiger partial charge is 0.306 e. The van der Waals surface area contributed by atoms with Crippen LogP contribution in [0.5, 0.6) is 0 Å². The maximum atomic E-state index is 10.7. The maximum Gasteiger partial charge on any atom is 0.306 e. The summed E-state index contributed by atoms with van der Waals surface area (Å²) in [6, 6.07) is 0. The van der Waals surface area contributed by atoms with Crippen molar-refractivity contribution < 1.29 is 24.9 Å². The molecule has 2 rings (SSSR count). The average Bonchev–Trinajstić information content (AvgIpc) is 2.42. The van der Waals surface area contributed by atoms with Crippen LogP contribution in [0.2, 0.25) is 0 Å². The van der Waals surface area contributed by atoms with Crippen LogP contribution >= 0.6 is 0 Å². The van der Waals surface area contributed by atoms with Gasteiger partial charge in [-0.25, -0.2) is 0 Å². The summed E-state index contributed by atoms with van der Waals surface area (Å²) in [6.07, 6.45) is -0.358. The second-order valence-electron chi connectivity index (χ2n) is 4.09. The highest BCUT2D eigenvalue weighted by Gasteiger charge is 2.47. The molecule has 0 amide bonds. The first-order valence-corrected chi connectivity index (χ1v) is 4.84. The SMILES string of the molecule is O=C(O)C1CCC2C(O)OC(O)C2C1. The summed E-state index contributed by atoms with van der Waals surface area (Å²) in [4.78, 5) is 10.7. The summed E-state index contributed by atoms with van der Waals surface area (Å²) >= 11 is 0. The summed E-state index contributed by atoms with van der Waals surface area (Å²) in [5.41, 5.74) is 0. The van der Waals surface area contributed by atoms with Crippen molar-refractivity contribution in [3.8, 4) is 0 Å². The fraction of sp³-hybridized carbons (Fsp3) is 0.889. The van der Waals surface area contributed by atoms with Crippen LogP contribution in [0, 0.1) is 17.8 Å². The molecule has 5 heteroatoms. The standard InChI is InChI=1S/C9H14O5/c10-7(11)4-1-2-5-6(3-4)9(13)14-8(5)12/h4-6,8-9,12-13H,1-3H2,(H,10,11). The molecule has 1 aliphatic carbocycles. The number of aliphatic carboxylic acids is 1. The van der Waals surface area contributed by atoms with Crippen molar-refractivity contribution in [3.63, 3.8) is 0 Å². The zero-order valence-corrected chi connectivity index (χ0v) is 7.67. The van der Waals surface area contributed by atoms with Crippen LogP contribution in [0.1, 0.15) is 19.3 Å². The van der Waals surface area contributed by atoms with Gasteiger partial charge in [0.25, 0.3) is 0 Å². The van der Waals surface area contributed by atoms with Crippen LogP contribution in [0.25, 0.3) is 0 Å². The lowest BCUT2D eigenvalue weighted by Crippen LogP contribution is -2.32. The number of carbonyl (C=O) groups is 1. The molecule has 0 radical (unpaired) electrons. The van der Waals surface area contributed by atoms with Crippen molar-refractivity contribution in [3.05, 3.63) is 0 Å². The zero-order valence-electron chi connectivity index (χ0n) is 7.67. The Morgan fingerprint density at radius 1 is 1.14 bits per heavy atom. The lowest BCUT2D eigenvalue weighted by Gasteiger charge is -2.29. The van der Waals surface area contributed by atoms with E-state index in [9.17, 15) is 15.0 Å². The highest BCUT2D eigenvalue weighted by atomic mass is 16.7. The second kappa shape index (κ2) is 3.49. The lowest BCUT2D eigenvalue weighted by atomic mass is 9.75. The molecule has 1 aliphatic heterocycles. The summed E-state index contributed by atoms with van der Waals surface area (Å²) in [5, 5.41) is 27.6. The van der Waals surface area contributed by atoms with Crippen molar-refractivity contribution in [2.24, 2.45) is 17.8 Å². The predicted molar refractivity (Wildman–Crippen MR) is 45.1 cm³/mol. The fourth-order valence-corrected chi connectivity index (χ4v) is 2.48. The first-order valence-electron chi connectivity index (χ1n) is 4.84. The summed E-state index contributed by atoms with van der Waals surface area (Å²) in [5.74, 6) is -1.54. The number of ether oxygens (including phenoxy) is 1. The molecule has 0 aromatic carbocycles. The van der Waals surface area contributed by atoms with E-state index in [-0.39, 0.29) is 11.8 Å². The second-order valence-corrected chi connectivity index (χ2v) is 4.09. The van der Waals surface area contributed by atoms with E-state index in [2.05, 4.69) is 0 Å². The number of carboxylic acids is 1. The summed E-state index contributed by atoms with van der Waals surface area (Å²) in [6.45, 7) is 0. The third-order valence-corrected chi connectivity index (χ3v) is 3.32. The van der Waals surface area contributed by atoms with Crippen LogP contribution in [-0.2, 0) is 9.53 Å². The number of rotatable bonds is 1. The molecule has 1 heterocycles. The number of carboxylic acid groups (broad SMARTS) is 1. The molecule has 0 bridgehead atoms. The zero-order chi connectivity index (χ0) is 10.3. The Balaban J connectivity index is 2.05. The highest BCUT2D eigenvalue weighted by molar-refractivity contribution is 5.70. The van der Waals surface area contributed by atoms with Gasteiger partial charge in [0.2, 0.25) is 0 Å². The Hall–Kier alpha value is -0.650. The van der Waals surface area contributed by atoms with Crippen molar-refractivity contribution in [2.75, 3.05) is 0 Å². The lowest BCUT2D eigenvalue weighted by molar-refractivity contribution is -0.173. The van der Waals surface area contributed by atoms with Gasteiger partial charge in [0.1, 0.15) is 0 Å². The van der Waals surface area contributed by atoms with E-state index in [4.69, 9.17) is 9.84 Å². The molecular formula is C9H14O5. The molecule has 0 aromatic rings. The molecule has 5 atom stereocenters. The normalized spacial score (nSPS) is 47.4. The van der Waals surface area contributed by atoms with Gasteiger partial charge in [0.15, 0.2) is 12.6 Å². The molecule has 3 N–H and O–H groups in total. The maximum absolute atomic E-state index is 10.7. The molecule has 1 saturated heterocycles. The first-order chi connectivity index (χ1) is 6.59. The molecule has 14 heavy (non-hydrogen) atoms. The Labute approximate surface area is 81.3 Å². The minimum absolute atomic E-state index is 0.0967. The Morgan fingerprint density at radius 2 is 1.79 bits per heavy atom. The van der Waals surface area contributed by atoms with Crippen molar-refractivity contribution >= 4 is 5.97 Å². The molecule has 0 spiro atoms. The molecule has 5 nitrogen and oxygen atoms in total. The van der Waals surface area contributed by atoms with Crippen molar-refractivity contribution in [2.45, 2.75) is 31.8 Å². The predicted octanol–water partition coefficient (Wildman–Crippen LogP) is -0.229. The molecule has 1 saturated carbocycles. The van der Waals surface area contributed by atoms with Gasteiger partial charge in [-0.2, -0.15) is 0 Å². The Morgan fingerprint density at radius 3 is 2.43 bits per heavy atom. The third-order valence-electron chi connectivity index (χ3n) is 3.32. The minimum atomic E-state index is -1.00. The fourth-order valence-electron chi connectivity index (χ4n) is 2.48. The van der Waals surface area contributed by atoms with Gasteiger partial charge in [0.05, 0.1) is 5.92 Å². The number of fused-ring (bicyclic) bond motifs is 1. The van der Waals surface area contributed by atoms with Gasteiger partial charge in [-0.05, 0) is 19.3 Å². The number of hydrogen-bond donors (Lipinski definition) is 3. The molecular weight excluding hydrogens is 188 g/mol. The van der Waals surface area contributed by atoms with Gasteiger partial charge in [-0.15, -0.1) is 0 Å². The van der Waals surface area contributed by atoms with E-state index in [1.807, 2.05) is 0 Å². The quantitative estimate of drug-likeness (QED) is 0.546. The van der Waals surface area contributed by atoms with Crippen molar-refractivity contribution in [1.82, 2.24) is 0 Å². The van der Waals surface area contributed by atoms with Crippen LogP contribution in [-0.4, -0.2) is 33.9 Å². The average molecular weight is 202 g/mol. The van der Waals surface area contributed by atoms with E-state index in [1.165, 1.54) is 0 Å². The summed E-state index contributed by atoms with van der Waals surface area (Å²) in [7, 11) is 0. The van der Waals surface area contributed by atoms with Gasteiger partial charge >= 0.3 is 5.97 Å². The topological polar surface area (TPSA) is 87.0 Å². The molecule has 5 unspecified atom stereocenters. The Bertz CT molecular complexity index is 241. The number of hydrogen-bond acceptors (Lipinski definition) is 4. The van der Waals surface area contributed by atoms with E-state index in [1.54, 1.807) is 0 Å². The number of aliphatic hydroxyl groups excluding tert-OH is 2. The van der Waals surface area contributed by atoms with Gasteiger partial charge in [-0.3, -0.25) is 4.79 Å². The van der Waals surface area contributed by atoms with E-state index >= 15 is 0 Å². The highest BCUT2D eigenvalue weighted by Crippen LogP contribution is 2.43. The van der Waals surface area contributed by atoms with Gasteiger partial charge < -0.3 is 20.1 Å². The monoisotopic (exact) mass is 202 g/mol. The Kier molecular flexibility index (Phi) is 2.47.